The fourth-order valence-electron chi connectivity index (χ4n) is 1.62. The molecule has 8 heteroatoms. The molecule has 120 valence electrons. The number of rotatable bonds is 5. The molecule has 0 amide bonds. The maximum atomic E-state index is 12.7. The molecule has 0 aromatic heterocycles. The van der Waals surface area contributed by atoms with Gasteiger partial charge in [0.05, 0.1) is 5.56 Å². The zero-order chi connectivity index (χ0) is 16.5. The third kappa shape index (κ3) is 4.69. The van der Waals surface area contributed by atoms with E-state index in [1.165, 1.54) is 20.2 Å². The summed E-state index contributed by atoms with van der Waals surface area (Å²) in [4.78, 5) is 0. The van der Waals surface area contributed by atoms with Crippen molar-refractivity contribution in [1.29, 1.82) is 0 Å². The second-order valence-corrected chi connectivity index (χ2v) is 7.54. The molecule has 0 aliphatic rings. The Balaban J connectivity index is 2.98. The van der Waals surface area contributed by atoms with E-state index in [4.69, 9.17) is 0 Å². The van der Waals surface area contributed by atoms with Gasteiger partial charge in [-0.1, -0.05) is 32.0 Å². The van der Waals surface area contributed by atoms with Crippen LogP contribution in [-0.4, -0.2) is 33.4 Å². The van der Waals surface area contributed by atoms with E-state index in [0.29, 0.717) is 5.56 Å². The summed E-state index contributed by atoms with van der Waals surface area (Å²) < 4.78 is 64.9. The second-order valence-electron chi connectivity index (χ2n) is 5.57. The molecular weight excluding hydrogens is 305 g/mol. The van der Waals surface area contributed by atoms with Gasteiger partial charge >= 0.3 is 6.18 Å². The minimum Gasteiger partial charge on any atom is -0.201 e. The fraction of sp³-hybridized carbons (Fsp3) is 0.538. The number of hydrogen-bond acceptors (Lipinski definition) is 2. The van der Waals surface area contributed by atoms with Gasteiger partial charge in [-0.05, 0) is 11.6 Å². The fourth-order valence-corrected chi connectivity index (χ4v) is 2.42. The van der Waals surface area contributed by atoms with Crippen molar-refractivity contribution in [3.8, 4) is 0 Å². The van der Waals surface area contributed by atoms with Crippen LogP contribution in [0.3, 0.4) is 0 Å². The monoisotopic (exact) mass is 324 g/mol. The summed E-state index contributed by atoms with van der Waals surface area (Å²) in [6.45, 7) is 3.36. The maximum Gasteiger partial charge on any atom is 0.416 e. The molecule has 0 unspecified atom stereocenters. The molecule has 0 saturated heterocycles. The molecule has 0 saturated carbocycles. The van der Waals surface area contributed by atoms with Crippen LogP contribution in [0.25, 0.3) is 0 Å². The van der Waals surface area contributed by atoms with Crippen LogP contribution in [0.5, 0.6) is 0 Å². The van der Waals surface area contributed by atoms with Crippen molar-refractivity contribution in [2.75, 3.05) is 20.6 Å². The Bertz CT molecular complexity index is 596. The average molecular weight is 324 g/mol. The highest BCUT2D eigenvalue weighted by molar-refractivity contribution is 7.87. The van der Waals surface area contributed by atoms with Crippen molar-refractivity contribution in [3.63, 3.8) is 0 Å². The Labute approximate surface area is 123 Å². The zero-order valence-corrected chi connectivity index (χ0v) is 13.1. The first-order valence-electron chi connectivity index (χ1n) is 6.21. The largest absolute Gasteiger partial charge is 0.416 e. The number of halogens is 3. The highest BCUT2D eigenvalue weighted by Crippen LogP contribution is 2.32. The Morgan fingerprint density at radius 3 is 2.14 bits per heavy atom. The number of alkyl halides is 3. The van der Waals surface area contributed by atoms with Crippen LogP contribution < -0.4 is 4.72 Å². The average Bonchev–Trinajstić information content (AvgIpc) is 2.36. The van der Waals surface area contributed by atoms with Gasteiger partial charge in [0, 0.05) is 26.1 Å². The van der Waals surface area contributed by atoms with Crippen LogP contribution >= 0.6 is 0 Å². The van der Waals surface area contributed by atoms with Gasteiger partial charge in [0.1, 0.15) is 0 Å². The summed E-state index contributed by atoms with van der Waals surface area (Å²) in [6, 6.07) is 4.91. The van der Waals surface area contributed by atoms with E-state index in [-0.39, 0.29) is 6.54 Å². The lowest BCUT2D eigenvalue weighted by molar-refractivity contribution is -0.137. The third-order valence-electron chi connectivity index (χ3n) is 3.15. The number of nitrogens with zero attached hydrogens (tertiary/aromatic N) is 1. The number of benzene rings is 1. The van der Waals surface area contributed by atoms with Crippen molar-refractivity contribution in [1.82, 2.24) is 9.03 Å². The quantitative estimate of drug-likeness (QED) is 0.904. The van der Waals surface area contributed by atoms with E-state index in [1.807, 2.05) is 0 Å². The summed E-state index contributed by atoms with van der Waals surface area (Å²) in [6.07, 6.45) is -4.42. The molecule has 4 nitrogen and oxygen atoms in total. The predicted molar refractivity (Wildman–Crippen MR) is 75.1 cm³/mol. The second kappa shape index (κ2) is 5.94. The molecule has 1 N–H and O–H groups in total. The van der Waals surface area contributed by atoms with Crippen molar-refractivity contribution in [3.05, 3.63) is 35.4 Å². The van der Waals surface area contributed by atoms with Gasteiger partial charge < -0.3 is 0 Å². The Morgan fingerprint density at radius 2 is 1.67 bits per heavy atom. The lowest BCUT2D eigenvalue weighted by atomic mass is 9.84. The first-order valence-corrected chi connectivity index (χ1v) is 7.65. The van der Waals surface area contributed by atoms with Gasteiger partial charge in [-0.2, -0.15) is 25.9 Å². The molecule has 0 aliphatic heterocycles. The van der Waals surface area contributed by atoms with Crippen LogP contribution in [0.4, 0.5) is 13.2 Å². The minimum atomic E-state index is -4.42. The highest BCUT2D eigenvalue weighted by atomic mass is 32.2. The van der Waals surface area contributed by atoms with Crippen molar-refractivity contribution < 1.29 is 21.6 Å². The first-order chi connectivity index (χ1) is 9.36. The summed E-state index contributed by atoms with van der Waals surface area (Å²) in [5.41, 5.74) is -1.10. The van der Waals surface area contributed by atoms with E-state index in [2.05, 4.69) is 4.72 Å². The van der Waals surface area contributed by atoms with Gasteiger partial charge in [0.2, 0.25) is 0 Å². The van der Waals surface area contributed by atoms with Crippen LogP contribution in [0, 0.1) is 0 Å². The van der Waals surface area contributed by atoms with Crippen molar-refractivity contribution >= 4 is 10.2 Å². The topological polar surface area (TPSA) is 49.4 Å². The lowest BCUT2D eigenvalue weighted by Gasteiger charge is -2.27. The number of hydrogen-bond donors (Lipinski definition) is 1. The Morgan fingerprint density at radius 1 is 1.14 bits per heavy atom. The molecule has 21 heavy (non-hydrogen) atoms. The van der Waals surface area contributed by atoms with Gasteiger partial charge in [-0.25, -0.2) is 4.72 Å². The van der Waals surface area contributed by atoms with Gasteiger partial charge in [-0.3, -0.25) is 0 Å². The molecular formula is C13H19F3N2O2S. The molecule has 0 bridgehead atoms. The highest BCUT2D eigenvalue weighted by Gasteiger charge is 2.32. The molecule has 0 heterocycles. The van der Waals surface area contributed by atoms with E-state index in [0.717, 1.165) is 16.4 Å². The lowest BCUT2D eigenvalue weighted by Crippen LogP contribution is -2.42. The normalized spacial score (nSPS) is 13.7. The van der Waals surface area contributed by atoms with E-state index >= 15 is 0 Å². The molecule has 1 rings (SSSR count). The van der Waals surface area contributed by atoms with Crippen LogP contribution in [0.2, 0.25) is 0 Å². The van der Waals surface area contributed by atoms with E-state index in [1.54, 1.807) is 19.9 Å². The molecule has 1 aromatic carbocycles. The van der Waals surface area contributed by atoms with Gasteiger partial charge in [0.15, 0.2) is 0 Å². The first kappa shape index (κ1) is 17.9. The van der Waals surface area contributed by atoms with E-state index in [9.17, 15) is 21.6 Å². The summed E-state index contributed by atoms with van der Waals surface area (Å²) in [7, 11) is -0.868. The SMILES string of the molecule is CN(C)S(=O)(=O)NCC(C)(C)c1cccc(C(F)(F)F)c1. The third-order valence-corrected chi connectivity index (χ3v) is 4.62. The predicted octanol–water partition coefficient (Wildman–Crippen LogP) is 2.38. The molecule has 0 atom stereocenters. The minimum absolute atomic E-state index is 0.00514. The smallest absolute Gasteiger partial charge is 0.201 e. The van der Waals surface area contributed by atoms with Crippen LogP contribution in [0.15, 0.2) is 24.3 Å². The molecule has 0 aliphatic carbocycles. The molecule has 0 fully saturated rings. The summed E-state index contributed by atoms with van der Waals surface area (Å²) in [5, 5.41) is 0. The van der Waals surface area contributed by atoms with Crippen molar-refractivity contribution in [2.24, 2.45) is 0 Å². The molecule has 1 aromatic rings. The molecule has 0 radical (unpaired) electrons. The molecule has 0 spiro atoms. The maximum absolute atomic E-state index is 12.7. The van der Waals surface area contributed by atoms with Crippen LogP contribution in [-0.2, 0) is 21.8 Å². The van der Waals surface area contributed by atoms with Gasteiger partial charge in [-0.15, -0.1) is 0 Å². The Kier molecular flexibility index (Phi) is 5.07. The summed E-state index contributed by atoms with van der Waals surface area (Å²) in [5.74, 6) is 0. The number of nitrogens with one attached hydrogen (secondary N) is 1. The standard InChI is InChI=1S/C13H19F3N2O2S/c1-12(2,9-17-21(19,20)18(3)4)10-6-5-7-11(8-10)13(14,15)16/h5-8,17H,9H2,1-4H3. The van der Waals surface area contributed by atoms with E-state index < -0.39 is 27.4 Å². The van der Waals surface area contributed by atoms with Crippen LogP contribution in [0.1, 0.15) is 25.0 Å². The summed E-state index contributed by atoms with van der Waals surface area (Å²) >= 11 is 0. The zero-order valence-electron chi connectivity index (χ0n) is 12.3. The van der Waals surface area contributed by atoms with Crippen molar-refractivity contribution in [2.45, 2.75) is 25.4 Å². The Hall–Kier alpha value is -1.12. The van der Waals surface area contributed by atoms with Gasteiger partial charge in [0.25, 0.3) is 10.2 Å².